The third-order valence-corrected chi connectivity index (χ3v) is 4.65. The summed E-state index contributed by atoms with van der Waals surface area (Å²) in [4.78, 5) is 0. The average molecular weight is 202 g/mol. The number of rotatable bonds is 0. The van der Waals surface area contributed by atoms with E-state index in [-0.39, 0.29) is 0 Å². The molecule has 0 heteroatoms. The fourth-order valence-corrected chi connectivity index (χ4v) is 3.15. The third-order valence-electron chi connectivity index (χ3n) is 4.65. The lowest BCUT2D eigenvalue weighted by atomic mass is 9.61. The maximum Gasteiger partial charge on any atom is 0.000468 e. The Hall–Kier alpha value is -0.780. The smallest absolute Gasteiger partial charge is 0.000468 e. The highest BCUT2D eigenvalue weighted by Crippen LogP contribution is 2.53. The van der Waals surface area contributed by atoms with E-state index in [0.29, 0.717) is 10.8 Å². The minimum Gasteiger partial charge on any atom is -0.0620 e. The molecule has 0 bridgehead atoms. The number of benzene rings is 1. The van der Waals surface area contributed by atoms with Gasteiger partial charge in [-0.25, -0.2) is 0 Å². The first kappa shape index (κ1) is 10.7. The SMILES string of the molecule is CC1Cc2ccccc2C1(C)C(C)(C)C. The Morgan fingerprint density at radius 1 is 1.20 bits per heavy atom. The fourth-order valence-electron chi connectivity index (χ4n) is 3.15. The molecule has 0 fully saturated rings. The van der Waals surface area contributed by atoms with Crippen LogP contribution in [0.2, 0.25) is 0 Å². The van der Waals surface area contributed by atoms with E-state index < -0.39 is 0 Å². The standard InChI is InChI=1S/C15H22/c1-11-10-12-8-6-7-9-13(12)15(11,5)14(2,3)4/h6-9,11H,10H2,1-5H3. The fraction of sp³-hybridized carbons (Fsp3) is 0.600. The highest BCUT2D eigenvalue weighted by Gasteiger charge is 2.48. The lowest BCUT2D eigenvalue weighted by Gasteiger charge is -2.43. The zero-order valence-corrected chi connectivity index (χ0v) is 10.6. The monoisotopic (exact) mass is 202 g/mol. The van der Waals surface area contributed by atoms with Crippen molar-refractivity contribution < 1.29 is 0 Å². The van der Waals surface area contributed by atoms with Crippen LogP contribution in [0.5, 0.6) is 0 Å². The van der Waals surface area contributed by atoms with Crippen LogP contribution in [0, 0.1) is 11.3 Å². The number of hydrogen-bond acceptors (Lipinski definition) is 0. The molecule has 82 valence electrons. The van der Waals surface area contributed by atoms with E-state index >= 15 is 0 Å². The summed E-state index contributed by atoms with van der Waals surface area (Å²) in [5.74, 6) is 0.745. The first-order valence-corrected chi connectivity index (χ1v) is 5.96. The molecule has 1 aromatic carbocycles. The molecule has 0 nitrogen and oxygen atoms in total. The van der Waals surface area contributed by atoms with E-state index in [0.717, 1.165) is 5.92 Å². The Morgan fingerprint density at radius 2 is 1.80 bits per heavy atom. The van der Waals surface area contributed by atoms with Crippen molar-refractivity contribution in [2.24, 2.45) is 11.3 Å². The lowest BCUT2D eigenvalue weighted by Crippen LogP contribution is -2.40. The van der Waals surface area contributed by atoms with Gasteiger partial charge in [-0.3, -0.25) is 0 Å². The van der Waals surface area contributed by atoms with Gasteiger partial charge in [0.05, 0.1) is 0 Å². The first-order valence-electron chi connectivity index (χ1n) is 5.96. The highest BCUT2D eigenvalue weighted by molar-refractivity contribution is 5.41. The van der Waals surface area contributed by atoms with Crippen molar-refractivity contribution in [3.63, 3.8) is 0 Å². The molecule has 0 saturated heterocycles. The molecule has 0 saturated carbocycles. The Bertz CT molecular complexity index is 370. The summed E-state index contributed by atoms with van der Waals surface area (Å²) < 4.78 is 0. The molecule has 0 aromatic heterocycles. The summed E-state index contributed by atoms with van der Waals surface area (Å²) in [5.41, 5.74) is 3.79. The molecular formula is C15H22. The molecule has 1 aliphatic rings. The molecule has 0 aliphatic heterocycles. The molecule has 1 aliphatic carbocycles. The van der Waals surface area contributed by atoms with Crippen LogP contribution in [0.3, 0.4) is 0 Å². The van der Waals surface area contributed by atoms with E-state index in [4.69, 9.17) is 0 Å². The number of hydrogen-bond donors (Lipinski definition) is 0. The topological polar surface area (TPSA) is 0 Å². The van der Waals surface area contributed by atoms with Gasteiger partial charge in [0.2, 0.25) is 0 Å². The molecule has 0 N–H and O–H groups in total. The zero-order valence-electron chi connectivity index (χ0n) is 10.6. The average Bonchev–Trinajstić information content (AvgIpc) is 2.40. The van der Waals surface area contributed by atoms with Crippen LogP contribution >= 0.6 is 0 Å². The van der Waals surface area contributed by atoms with E-state index in [1.807, 2.05) is 0 Å². The maximum absolute atomic E-state index is 2.43. The van der Waals surface area contributed by atoms with Gasteiger partial charge in [-0.2, -0.15) is 0 Å². The highest BCUT2D eigenvalue weighted by atomic mass is 14.5. The largest absolute Gasteiger partial charge is 0.0620 e. The normalized spacial score (nSPS) is 30.3. The molecule has 15 heavy (non-hydrogen) atoms. The minimum absolute atomic E-state index is 0.323. The molecule has 0 spiro atoms. The van der Waals surface area contributed by atoms with Crippen molar-refractivity contribution in [3.05, 3.63) is 35.4 Å². The van der Waals surface area contributed by atoms with Crippen LogP contribution in [0.15, 0.2) is 24.3 Å². The molecule has 0 radical (unpaired) electrons. The van der Waals surface area contributed by atoms with Gasteiger partial charge in [-0.15, -0.1) is 0 Å². The van der Waals surface area contributed by atoms with Crippen molar-refractivity contribution in [3.8, 4) is 0 Å². The van der Waals surface area contributed by atoms with Crippen LogP contribution in [0.1, 0.15) is 45.7 Å². The van der Waals surface area contributed by atoms with Gasteiger partial charge in [-0.1, -0.05) is 58.9 Å². The Labute approximate surface area is 93.7 Å². The van der Waals surface area contributed by atoms with Gasteiger partial charge >= 0.3 is 0 Å². The van der Waals surface area contributed by atoms with Gasteiger partial charge in [0, 0.05) is 5.41 Å². The molecular weight excluding hydrogens is 180 g/mol. The van der Waals surface area contributed by atoms with Crippen molar-refractivity contribution in [1.29, 1.82) is 0 Å². The van der Waals surface area contributed by atoms with Gasteiger partial charge in [0.1, 0.15) is 0 Å². The summed E-state index contributed by atoms with van der Waals surface area (Å²) in [6.07, 6.45) is 1.24. The number of fused-ring (bicyclic) bond motifs is 1. The van der Waals surface area contributed by atoms with Gasteiger partial charge in [0.15, 0.2) is 0 Å². The van der Waals surface area contributed by atoms with Gasteiger partial charge in [0.25, 0.3) is 0 Å². The van der Waals surface area contributed by atoms with E-state index in [2.05, 4.69) is 58.9 Å². The molecule has 2 atom stereocenters. The summed E-state index contributed by atoms with van der Waals surface area (Å²) in [6, 6.07) is 8.97. The second kappa shape index (κ2) is 3.10. The Kier molecular flexibility index (Phi) is 2.22. The summed E-state index contributed by atoms with van der Waals surface area (Å²) in [6.45, 7) is 11.9. The molecule has 2 unspecified atom stereocenters. The molecule has 1 aromatic rings. The van der Waals surface area contributed by atoms with Crippen molar-refractivity contribution in [2.75, 3.05) is 0 Å². The van der Waals surface area contributed by atoms with Crippen LogP contribution in [0.4, 0.5) is 0 Å². The minimum atomic E-state index is 0.323. The second-order valence-corrected chi connectivity index (χ2v) is 6.21. The summed E-state index contributed by atoms with van der Waals surface area (Å²) in [7, 11) is 0. The van der Waals surface area contributed by atoms with Crippen molar-refractivity contribution in [2.45, 2.75) is 46.5 Å². The van der Waals surface area contributed by atoms with Gasteiger partial charge < -0.3 is 0 Å². The van der Waals surface area contributed by atoms with Crippen molar-refractivity contribution in [1.82, 2.24) is 0 Å². The maximum atomic E-state index is 2.43. The lowest BCUT2D eigenvalue weighted by molar-refractivity contribution is 0.149. The second-order valence-electron chi connectivity index (χ2n) is 6.21. The van der Waals surface area contributed by atoms with Gasteiger partial charge in [-0.05, 0) is 28.9 Å². The van der Waals surface area contributed by atoms with Crippen molar-refractivity contribution >= 4 is 0 Å². The quantitative estimate of drug-likeness (QED) is 0.592. The predicted molar refractivity (Wildman–Crippen MR) is 66.1 cm³/mol. The van der Waals surface area contributed by atoms with Crippen LogP contribution in [0.25, 0.3) is 0 Å². The Balaban J connectivity index is 2.59. The first-order chi connectivity index (χ1) is 6.87. The van der Waals surface area contributed by atoms with E-state index in [9.17, 15) is 0 Å². The van der Waals surface area contributed by atoms with Crippen LogP contribution < -0.4 is 0 Å². The molecule has 2 rings (SSSR count). The Morgan fingerprint density at radius 3 is 2.40 bits per heavy atom. The van der Waals surface area contributed by atoms with Crippen LogP contribution in [-0.4, -0.2) is 0 Å². The summed E-state index contributed by atoms with van der Waals surface area (Å²) in [5, 5.41) is 0. The zero-order chi connectivity index (χ0) is 11.3. The van der Waals surface area contributed by atoms with E-state index in [1.54, 1.807) is 11.1 Å². The van der Waals surface area contributed by atoms with E-state index in [1.165, 1.54) is 6.42 Å². The molecule has 0 heterocycles. The van der Waals surface area contributed by atoms with Crippen LogP contribution in [-0.2, 0) is 11.8 Å². The molecule has 0 amide bonds. The summed E-state index contributed by atoms with van der Waals surface area (Å²) >= 11 is 0. The third kappa shape index (κ3) is 1.34. The predicted octanol–water partition coefficient (Wildman–Crippen LogP) is 4.18.